The molecular formula is C104H32F16S20Se4. The number of halogens is 16. The van der Waals surface area contributed by atoms with E-state index in [-0.39, 0.29) is 58.0 Å². The molecule has 144 heavy (non-hydrogen) atoms. The van der Waals surface area contributed by atoms with Gasteiger partial charge in [0.05, 0.1) is 38.3 Å². The second-order valence-corrected chi connectivity index (χ2v) is 62.1. The molecule has 0 bridgehead atoms. The summed E-state index contributed by atoms with van der Waals surface area (Å²) in [5.74, 6) is -12.4. The fourth-order valence-corrected chi connectivity index (χ4v) is 50.7. The Morgan fingerprint density at radius 2 is 0.326 bits per heavy atom. The molecule has 0 N–H and O–H groups in total. The smallest absolute Gasteiger partial charge is 0.178 e. The van der Waals surface area contributed by atoms with E-state index >= 15 is 0 Å². The van der Waals surface area contributed by atoms with Crippen molar-refractivity contribution in [3.63, 3.8) is 0 Å². The molecule has 24 heterocycles. The first-order chi connectivity index (χ1) is 69.8. The van der Waals surface area contributed by atoms with Gasteiger partial charge in [0, 0.05) is 100 Å². The number of benzene rings is 8. The minimum Gasteiger partial charge on any atom is -0.203 e. The van der Waals surface area contributed by atoms with Crippen LogP contribution in [0.25, 0.3) is 273 Å². The Kier molecular flexibility index (Phi) is 22.2. The topological polar surface area (TPSA) is 0 Å². The van der Waals surface area contributed by atoms with Gasteiger partial charge in [0.1, 0.15) is 0 Å². The van der Waals surface area contributed by atoms with Crippen molar-refractivity contribution in [3.8, 4) is 76.3 Å². The molecule has 8 aromatic carbocycles. The van der Waals surface area contributed by atoms with E-state index in [0.717, 1.165) is 230 Å². The number of fused-ring (bicyclic) bond motifs is 28. The van der Waals surface area contributed by atoms with E-state index in [9.17, 15) is 70.2 Å². The van der Waals surface area contributed by atoms with E-state index in [0.29, 0.717) is 39.0 Å². The summed E-state index contributed by atoms with van der Waals surface area (Å²) in [6.45, 7) is 0. The van der Waals surface area contributed by atoms with Crippen LogP contribution in [0.15, 0.2) is 189 Å². The summed E-state index contributed by atoms with van der Waals surface area (Å²) in [6, 6.07) is 50.5. The van der Waals surface area contributed by atoms with Crippen LogP contribution in [0.2, 0.25) is 0 Å². The number of hydrogen-bond acceptors (Lipinski definition) is 20. The normalized spacial score (nSPS) is 12.4. The molecule has 0 fully saturated rings. The predicted molar refractivity (Wildman–Crippen MR) is 604 cm³/mol. The van der Waals surface area contributed by atoms with E-state index in [1.165, 1.54) is 183 Å². The van der Waals surface area contributed by atoms with Gasteiger partial charge in [-0.25, -0.2) is 35.1 Å². The zero-order chi connectivity index (χ0) is 97.2. The van der Waals surface area contributed by atoms with Crippen LogP contribution in [0.3, 0.4) is 0 Å². The summed E-state index contributed by atoms with van der Waals surface area (Å²) in [6.07, 6.45) is 0. The molecular weight excluding hydrogens is 2510 g/mol. The zero-order valence-corrected chi connectivity index (χ0v) is 93.5. The first-order valence-electron chi connectivity index (χ1n) is 42.2. The van der Waals surface area contributed by atoms with Gasteiger partial charge in [-0.15, -0.1) is 136 Å². The van der Waals surface area contributed by atoms with Crippen LogP contribution in [0, 0.1) is 93.1 Å². The molecule has 0 amide bonds. The summed E-state index contributed by atoms with van der Waals surface area (Å²) in [4.78, 5) is 5.95. The second kappa shape index (κ2) is 34.7. The molecule has 0 saturated carbocycles. The molecule has 0 aliphatic carbocycles. The SMILES string of the molecule is Fc1csc(-c2cc3cc4c(cc3[se]2)sc2c3cc5cc(-c6scc(F)c6F)[se]c5cc3sc42)c1F.Fc1csc(-c2cc3cc4c(cc3s2)sc2c3cc5cc(-c6scc(F)c6F)sc5cc3sc42)c1F.Fc1csc(-c2cc3cc4sc5c6cc7[se]c(-c8scc(F)c8F)cc7cc6sc5c4cc3[se]2)c1F.Fc1csc(-c2cc3cc4sc5c6cc7sc(-c8scc(F)c8F)cc7cc6sc5c4cc3s2)c1F. The number of rotatable bonds is 8. The van der Waals surface area contributed by atoms with Crippen LogP contribution in [-0.4, -0.2) is 58.0 Å². The third-order valence-corrected chi connectivity index (χ3v) is 57.9. The average molecular weight is 2540 g/mol. The number of hydrogen-bond donors (Lipinski definition) is 0. The first-order valence-corrected chi connectivity index (χ1v) is 65.9. The van der Waals surface area contributed by atoms with Crippen LogP contribution in [0.4, 0.5) is 70.2 Å². The van der Waals surface area contributed by atoms with E-state index in [1.807, 2.05) is 48.5 Å². The Labute approximate surface area is 898 Å². The van der Waals surface area contributed by atoms with Gasteiger partial charge in [-0.3, -0.25) is 0 Å². The molecule has 0 spiro atoms. The van der Waals surface area contributed by atoms with Crippen LogP contribution in [-0.2, 0) is 0 Å². The largest absolute Gasteiger partial charge is 0.203 e. The first kappa shape index (κ1) is 92.0. The van der Waals surface area contributed by atoms with Crippen molar-refractivity contribution in [2.75, 3.05) is 0 Å². The van der Waals surface area contributed by atoms with Crippen molar-refractivity contribution in [1.29, 1.82) is 0 Å². The van der Waals surface area contributed by atoms with E-state index in [2.05, 4.69) is 97.1 Å². The molecule has 40 heteroatoms. The van der Waals surface area contributed by atoms with Gasteiger partial charge in [0.25, 0.3) is 0 Å². The second-order valence-electron chi connectivity index (χ2n) is 33.2. The Bertz CT molecular complexity index is 9290. The van der Waals surface area contributed by atoms with Crippen LogP contribution < -0.4 is 0 Å². The Morgan fingerprint density at radius 3 is 0.569 bits per heavy atom. The van der Waals surface area contributed by atoms with Crippen molar-refractivity contribution in [1.82, 2.24) is 0 Å². The molecule has 32 rings (SSSR count). The van der Waals surface area contributed by atoms with Crippen molar-refractivity contribution in [2.24, 2.45) is 0 Å². The Balaban J connectivity index is 0.0000000913. The summed E-state index contributed by atoms with van der Waals surface area (Å²) in [7, 11) is 0. The molecule has 0 aliphatic heterocycles. The van der Waals surface area contributed by atoms with Gasteiger partial charge < -0.3 is 0 Å². The Hall–Kier alpha value is -8.16. The quantitative estimate of drug-likeness (QED) is 0.105. The van der Waals surface area contributed by atoms with Gasteiger partial charge in [0.2, 0.25) is 0 Å². The van der Waals surface area contributed by atoms with E-state index in [1.54, 1.807) is 90.7 Å². The summed E-state index contributed by atoms with van der Waals surface area (Å²) in [5.41, 5.74) is 0. The van der Waals surface area contributed by atoms with E-state index in [4.69, 9.17) is 0 Å². The fraction of sp³-hybridized carbons (Fsp3) is 0. The van der Waals surface area contributed by atoms with Crippen LogP contribution >= 0.6 is 227 Å². The molecule has 32 aromatic rings. The Morgan fingerprint density at radius 1 is 0.146 bits per heavy atom. The monoisotopic (exact) mass is 2540 g/mol. The molecule has 0 radical (unpaired) electrons. The standard InChI is InChI=1S/2C26H8F4S6.2C26H8F4S4Se2/c27-13-7-31-25(21(13)29)19-3-9-1-17-11(5-15(9)33-19)23-24(35-17)12-6-16-10(2-18(12)36-23)4-20(34-16)26-22(30)14(28)8-32-26;27-13-7-31-25(21(13)29)19-3-9-1-11-17(5-15(9)33-19)35-24-12-2-10-4-20(26-22(30)14(28)8-32-26)34-16(10)6-18(12)36-23(11)24;27-13-7-31-25(21(13)29)19-3-9-1-15-11(5-17(9)35-19)23-24(33-15)12-6-18-10(2-16(12)34-23)4-20(36-18)26-22(30)14(28)8-32-26;27-13-7-31-25(21(13)29)19-3-9-1-11-15(5-17(9)35-19)33-24-12-2-10-4-20(26-22(30)14(28)8-32-26)36-18(10)6-16(12)34-23(11)24/h4*1-8H. The van der Waals surface area contributed by atoms with Gasteiger partial charge >= 0.3 is 460 Å². The zero-order valence-electron chi connectivity index (χ0n) is 70.3. The summed E-state index contributed by atoms with van der Waals surface area (Å²) >= 11 is 28.4. The molecule has 704 valence electrons. The maximum absolute atomic E-state index is 14.2. The molecule has 0 nitrogen and oxygen atoms in total. The van der Waals surface area contributed by atoms with Crippen LogP contribution in [0.5, 0.6) is 0 Å². The molecule has 24 aromatic heterocycles. The summed E-state index contributed by atoms with van der Waals surface area (Å²) < 4.78 is 254. The molecule has 0 atom stereocenters. The minimum atomic E-state index is -0.805. The van der Waals surface area contributed by atoms with Crippen molar-refractivity contribution < 1.29 is 70.2 Å². The van der Waals surface area contributed by atoms with E-state index < -0.39 is 93.1 Å². The van der Waals surface area contributed by atoms with Crippen molar-refractivity contribution in [2.45, 2.75) is 0 Å². The van der Waals surface area contributed by atoms with Crippen molar-refractivity contribution in [3.05, 3.63) is 282 Å². The van der Waals surface area contributed by atoms with Crippen molar-refractivity contribution >= 4 is 482 Å². The van der Waals surface area contributed by atoms with Crippen LogP contribution in [0.1, 0.15) is 0 Å². The fourth-order valence-electron chi connectivity index (χ4n) is 18.1. The van der Waals surface area contributed by atoms with Gasteiger partial charge in [-0.2, -0.15) is 0 Å². The maximum atomic E-state index is 14.2. The minimum absolute atomic E-state index is 0.0677. The predicted octanol–water partition coefficient (Wildman–Crippen LogP) is 42.8. The average Bonchev–Trinajstić information content (AvgIpc) is 1.58. The third kappa shape index (κ3) is 14.8. The molecule has 0 aliphatic rings. The molecule has 0 saturated heterocycles. The maximum Gasteiger partial charge on any atom is 0.178 e. The third-order valence-electron chi connectivity index (χ3n) is 24.7. The number of thiophene rings is 20. The molecule has 0 unspecified atom stereocenters. The summed E-state index contributed by atoms with van der Waals surface area (Å²) in [5, 5.41) is 27.6. The van der Waals surface area contributed by atoms with Gasteiger partial charge in [-0.05, 0) is 94.3 Å². The van der Waals surface area contributed by atoms with Gasteiger partial charge in [-0.1, -0.05) is 0 Å². The van der Waals surface area contributed by atoms with Gasteiger partial charge in [0.15, 0.2) is 46.5 Å².